The highest BCUT2D eigenvalue weighted by molar-refractivity contribution is 6.30. The monoisotopic (exact) mass is 343 g/mol. The summed E-state index contributed by atoms with van der Waals surface area (Å²) in [7, 11) is 0. The molecule has 24 heavy (non-hydrogen) atoms. The second kappa shape index (κ2) is 7.85. The molecule has 4 nitrogen and oxygen atoms in total. The summed E-state index contributed by atoms with van der Waals surface area (Å²) < 4.78 is 10.9. The van der Waals surface area contributed by atoms with Crippen molar-refractivity contribution in [1.82, 2.24) is 0 Å². The highest BCUT2D eigenvalue weighted by Gasteiger charge is 2.11. The average Bonchev–Trinajstić information content (AvgIpc) is 2.51. The van der Waals surface area contributed by atoms with Crippen molar-refractivity contribution in [2.75, 3.05) is 6.61 Å². The molecule has 0 heterocycles. The Hall–Kier alpha value is -2.51. The van der Waals surface area contributed by atoms with Crippen molar-refractivity contribution in [3.8, 4) is 17.6 Å². The lowest BCUT2D eigenvalue weighted by atomic mass is 10.0. The summed E-state index contributed by atoms with van der Waals surface area (Å²) in [6, 6.07) is 10.6. The predicted octanol–water partition coefficient (Wildman–Crippen LogP) is 4.73. The van der Waals surface area contributed by atoms with Crippen molar-refractivity contribution in [2.24, 2.45) is 0 Å². The van der Waals surface area contributed by atoms with Gasteiger partial charge in [-0.3, -0.25) is 4.79 Å². The van der Waals surface area contributed by atoms with E-state index < -0.39 is 0 Å². The van der Waals surface area contributed by atoms with Crippen LogP contribution in [0.15, 0.2) is 30.3 Å². The predicted molar refractivity (Wildman–Crippen MR) is 92.5 cm³/mol. The second-order valence-electron chi connectivity index (χ2n) is 5.41. The summed E-state index contributed by atoms with van der Waals surface area (Å²) in [4.78, 5) is 11.7. The van der Waals surface area contributed by atoms with Gasteiger partial charge in [-0.15, -0.1) is 0 Å². The number of rotatable bonds is 5. The summed E-state index contributed by atoms with van der Waals surface area (Å²) in [6.07, 6.45) is 0.185. The van der Waals surface area contributed by atoms with E-state index in [0.717, 1.165) is 16.7 Å². The first-order valence-electron chi connectivity index (χ1n) is 7.57. The van der Waals surface area contributed by atoms with E-state index in [1.54, 1.807) is 25.1 Å². The molecule has 0 N–H and O–H groups in total. The van der Waals surface area contributed by atoms with Crippen LogP contribution in [0.1, 0.15) is 29.2 Å². The molecule has 124 valence electrons. The van der Waals surface area contributed by atoms with Gasteiger partial charge in [0.25, 0.3) is 0 Å². The van der Waals surface area contributed by atoms with Crippen LogP contribution in [0.4, 0.5) is 0 Å². The van der Waals surface area contributed by atoms with E-state index in [9.17, 15) is 4.79 Å². The lowest BCUT2D eigenvalue weighted by molar-refractivity contribution is -0.142. The van der Waals surface area contributed by atoms with Crippen molar-refractivity contribution in [1.29, 1.82) is 5.26 Å². The van der Waals surface area contributed by atoms with Crippen molar-refractivity contribution in [3.05, 3.63) is 57.6 Å². The topological polar surface area (TPSA) is 59.3 Å². The van der Waals surface area contributed by atoms with Crippen LogP contribution in [0, 0.1) is 25.2 Å². The van der Waals surface area contributed by atoms with E-state index in [1.165, 1.54) is 0 Å². The summed E-state index contributed by atoms with van der Waals surface area (Å²) in [5.74, 6) is 0.830. The molecule has 0 atom stereocenters. The van der Waals surface area contributed by atoms with E-state index in [4.69, 9.17) is 26.3 Å². The molecule has 5 heteroatoms. The minimum absolute atomic E-state index is 0.185. The fourth-order valence-corrected chi connectivity index (χ4v) is 2.52. The molecular formula is C19H18ClNO3. The molecule has 0 saturated carbocycles. The Kier molecular flexibility index (Phi) is 5.83. The summed E-state index contributed by atoms with van der Waals surface area (Å²) in [5, 5.41) is 9.46. The number of nitriles is 1. The quantitative estimate of drug-likeness (QED) is 0.736. The molecule has 0 aliphatic rings. The van der Waals surface area contributed by atoms with Crippen molar-refractivity contribution in [2.45, 2.75) is 27.2 Å². The number of carbonyl (C=O) groups excluding carboxylic acids is 1. The molecule has 0 aliphatic carbocycles. The lowest BCUT2D eigenvalue weighted by Gasteiger charge is -2.14. The fourth-order valence-electron chi connectivity index (χ4n) is 2.30. The first-order chi connectivity index (χ1) is 11.4. The number of nitrogens with zero attached hydrogens (tertiary/aromatic N) is 1. The number of halogens is 1. The summed E-state index contributed by atoms with van der Waals surface area (Å²) >= 11 is 6.01. The Balaban J connectivity index is 2.33. The summed E-state index contributed by atoms with van der Waals surface area (Å²) in [5.41, 5.74) is 3.21. The third-order valence-corrected chi connectivity index (χ3v) is 3.78. The van der Waals surface area contributed by atoms with E-state index in [-0.39, 0.29) is 12.4 Å². The van der Waals surface area contributed by atoms with Gasteiger partial charge in [-0.25, -0.2) is 0 Å². The molecular weight excluding hydrogens is 326 g/mol. The van der Waals surface area contributed by atoms with Gasteiger partial charge < -0.3 is 9.47 Å². The maximum absolute atomic E-state index is 11.7. The van der Waals surface area contributed by atoms with Crippen LogP contribution in [-0.2, 0) is 16.0 Å². The summed E-state index contributed by atoms with van der Waals surface area (Å²) in [6.45, 7) is 6.02. The molecule has 0 radical (unpaired) electrons. The van der Waals surface area contributed by atoms with E-state index in [0.29, 0.717) is 28.7 Å². The van der Waals surface area contributed by atoms with Gasteiger partial charge in [0, 0.05) is 5.02 Å². The van der Waals surface area contributed by atoms with Gasteiger partial charge in [0.15, 0.2) is 0 Å². The molecule has 0 aliphatic heterocycles. The van der Waals surface area contributed by atoms with Crippen LogP contribution in [0.25, 0.3) is 0 Å². The van der Waals surface area contributed by atoms with Crippen LogP contribution in [0.3, 0.4) is 0 Å². The average molecular weight is 344 g/mol. The maximum atomic E-state index is 11.7. The number of hydrogen-bond acceptors (Lipinski definition) is 4. The Labute approximate surface area is 146 Å². The van der Waals surface area contributed by atoms with Gasteiger partial charge in [0.1, 0.15) is 11.5 Å². The van der Waals surface area contributed by atoms with Crippen molar-refractivity contribution < 1.29 is 14.3 Å². The van der Waals surface area contributed by atoms with Gasteiger partial charge in [-0.1, -0.05) is 17.7 Å². The number of carbonyl (C=O) groups is 1. The lowest BCUT2D eigenvalue weighted by Crippen LogP contribution is -2.08. The Bertz CT molecular complexity index is 809. The molecule has 2 aromatic carbocycles. The molecule has 0 saturated heterocycles. The zero-order chi connectivity index (χ0) is 17.7. The zero-order valence-electron chi connectivity index (χ0n) is 13.9. The van der Waals surface area contributed by atoms with Crippen molar-refractivity contribution >= 4 is 17.6 Å². The first-order valence-corrected chi connectivity index (χ1v) is 7.95. The van der Waals surface area contributed by atoms with Crippen LogP contribution < -0.4 is 4.74 Å². The standard InChI is InChI=1S/C19H18ClNO3/c1-4-23-19(22)9-14-5-12(2)13(3)18(8-14)24-17-7-15(11-21)6-16(20)10-17/h5-8,10H,4,9H2,1-3H3. The normalized spacial score (nSPS) is 10.1. The highest BCUT2D eigenvalue weighted by Crippen LogP contribution is 2.31. The largest absolute Gasteiger partial charge is 0.466 e. The molecule has 0 fully saturated rings. The molecule has 2 aromatic rings. The number of aryl methyl sites for hydroxylation is 1. The maximum Gasteiger partial charge on any atom is 0.310 e. The molecule has 0 unspecified atom stereocenters. The van der Waals surface area contributed by atoms with Crippen LogP contribution in [0.2, 0.25) is 5.02 Å². The van der Waals surface area contributed by atoms with E-state index in [2.05, 4.69) is 0 Å². The second-order valence-corrected chi connectivity index (χ2v) is 5.84. The smallest absolute Gasteiger partial charge is 0.310 e. The third-order valence-electron chi connectivity index (χ3n) is 3.56. The van der Waals surface area contributed by atoms with E-state index in [1.807, 2.05) is 32.0 Å². The third kappa shape index (κ3) is 4.50. The van der Waals surface area contributed by atoms with Crippen molar-refractivity contribution in [3.63, 3.8) is 0 Å². The SMILES string of the molecule is CCOC(=O)Cc1cc(C)c(C)c(Oc2cc(Cl)cc(C#N)c2)c1. The molecule has 2 rings (SSSR count). The Morgan fingerprint density at radius 1 is 1.21 bits per heavy atom. The van der Waals surface area contributed by atoms with Gasteiger partial charge in [0.05, 0.1) is 24.7 Å². The molecule has 0 amide bonds. The van der Waals surface area contributed by atoms with E-state index >= 15 is 0 Å². The Morgan fingerprint density at radius 2 is 1.96 bits per heavy atom. The molecule has 0 aromatic heterocycles. The molecule has 0 bridgehead atoms. The van der Waals surface area contributed by atoms with Crippen LogP contribution >= 0.6 is 11.6 Å². The number of benzene rings is 2. The number of hydrogen-bond donors (Lipinski definition) is 0. The number of ether oxygens (including phenoxy) is 2. The van der Waals surface area contributed by atoms with Gasteiger partial charge in [0.2, 0.25) is 0 Å². The highest BCUT2D eigenvalue weighted by atomic mass is 35.5. The first kappa shape index (κ1) is 17.8. The zero-order valence-corrected chi connectivity index (χ0v) is 14.6. The van der Waals surface area contributed by atoms with Crippen LogP contribution in [-0.4, -0.2) is 12.6 Å². The number of esters is 1. The minimum Gasteiger partial charge on any atom is -0.466 e. The molecule has 0 spiro atoms. The fraction of sp³-hybridized carbons (Fsp3) is 0.263. The minimum atomic E-state index is -0.277. The van der Waals surface area contributed by atoms with Gasteiger partial charge >= 0.3 is 5.97 Å². The van der Waals surface area contributed by atoms with Gasteiger partial charge in [-0.05, 0) is 61.7 Å². The Morgan fingerprint density at radius 3 is 2.62 bits per heavy atom. The van der Waals surface area contributed by atoms with Gasteiger partial charge in [-0.2, -0.15) is 5.26 Å². The van der Waals surface area contributed by atoms with Crippen LogP contribution in [0.5, 0.6) is 11.5 Å².